The van der Waals surface area contributed by atoms with E-state index in [1.807, 2.05) is 0 Å². The zero-order valence-corrected chi connectivity index (χ0v) is 19.0. The van der Waals surface area contributed by atoms with Crippen LogP contribution in [-0.4, -0.2) is 37.7 Å². The Bertz CT molecular complexity index is 997. The van der Waals surface area contributed by atoms with Crippen LogP contribution in [0.5, 0.6) is 5.75 Å². The average molecular weight is 463 g/mol. The van der Waals surface area contributed by atoms with E-state index in [1.54, 1.807) is 45.0 Å². The number of hydrogen-bond donors (Lipinski definition) is 3. The average Bonchev–Trinajstić information content (AvgIpc) is 2.73. The number of benzene rings is 2. The second-order valence-corrected chi connectivity index (χ2v) is 8.04. The number of amidine groups is 1. The van der Waals surface area contributed by atoms with Crippen molar-refractivity contribution in [2.45, 2.75) is 39.0 Å². The van der Waals surface area contributed by atoms with Gasteiger partial charge in [0.2, 0.25) is 0 Å². The van der Waals surface area contributed by atoms with Crippen molar-refractivity contribution in [3.63, 3.8) is 0 Å². The van der Waals surface area contributed by atoms with Crippen LogP contribution in [-0.2, 0) is 20.8 Å². The van der Waals surface area contributed by atoms with Crippen molar-refractivity contribution in [3.05, 3.63) is 64.7 Å². The number of halogens is 2. The van der Waals surface area contributed by atoms with Gasteiger partial charge in [0.15, 0.2) is 6.10 Å². The summed E-state index contributed by atoms with van der Waals surface area (Å²) in [6.45, 7) is 5.19. The summed E-state index contributed by atoms with van der Waals surface area (Å²) < 4.78 is 43.6. The van der Waals surface area contributed by atoms with E-state index in [9.17, 15) is 18.4 Å². The lowest BCUT2D eigenvalue weighted by Gasteiger charge is -2.20. The number of amides is 2. The number of rotatable bonds is 7. The first-order valence-corrected chi connectivity index (χ1v) is 9.96. The molecular weight excluding hydrogens is 436 g/mol. The van der Waals surface area contributed by atoms with Crippen LogP contribution in [0, 0.1) is 17.0 Å². The van der Waals surface area contributed by atoms with Gasteiger partial charge in [-0.25, -0.2) is 13.6 Å². The van der Waals surface area contributed by atoms with E-state index < -0.39 is 40.9 Å². The number of nitrogens with one attached hydrogen (secondary N) is 3. The second-order valence-electron chi connectivity index (χ2n) is 8.04. The Kier molecular flexibility index (Phi) is 8.47. The lowest BCUT2D eigenvalue weighted by molar-refractivity contribution is -0.131. The molecule has 178 valence electrons. The number of carbonyl (C=O) groups excluding carboxylic acids is 2. The maximum absolute atomic E-state index is 14.3. The summed E-state index contributed by atoms with van der Waals surface area (Å²) in [7, 11) is 2.44. The van der Waals surface area contributed by atoms with Gasteiger partial charge in [-0.05, 0) is 26.3 Å². The summed E-state index contributed by atoms with van der Waals surface area (Å²) in [4.78, 5) is 24.3. The predicted molar refractivity (Wildman–Crippen MR) is 117 cm³/mol. The maximum Gasteiger partial charge on any atom is 0.413 e. The third-order valence-electron chi connectivity index (χ3n) is 4.36. The molecule has 0 heterocycles. The van der Waals surface area contributed by atoms with Gasteiger partial charge in [-0.1, -0.05) is 24.3 Å². The third-order valence-corrected chi connectivity index (χ3v) is 4.36. The first-order chi connectivity index (χ1) is 15.4. The fourth-order valence-corrected chi connectivity index (χ4v) is 2.83. The van der Waals surface area contributed by atoms with E-state index in [0.717, 1.165) is 12.1 Å². The minimum Gasteiger partial charge on any atom is -0.497 e. The van der Waals surface area contributed by atoms with Gasteiger partial charge in [0, 0.05) is 31.4 Å². The Morgan fingerprint density at radius 1 is 1.06 bits per heavy atom. The van der Waals surface area contributed by atoms with E-state index >= 15 is 0 Å². The first-order valence-electron chi connectivity index (χ1n) is 9.96. The summed E-state index contributed by atoms with van der Waals surface area (Å²) in [5.41, 5.74) is -0.131. The molecule has 0 saturated heterocycles. The number of methoxy groups -OCH3 is 2. The zero-order valence-electron chi connectivity index (χ0n) is 19.0. The molecule has 2 amide bonds. The third kappa shape index (κ3) is 7.25. The molecule has 0 bridgehead atoms. The lowest BCUT2D eigenvalue weighted by Crippen LogP contribution is -2.36. The highest BCUT2D eigenvalue weighted by Gasteiger charge is 2.27. The number of ether oxygens (including phenoxy) is 3. The molecule has 3 N–H and O–H groups in total. The molecule has 0 fully saturated rings. The molecule has 1 atom stereocenters. The van der Waals surface area contributed by atoms with Gasteiger partial charge in [-0.15, -0.1) is 0 Å². The van der Waals surface area contributed by atoms with Crippen LogP contribution in [0.4, 0.5) is 13.6 Å². The molecule has 0 spiro atoms. The molecular formula is C23H27F2N3O5. The molecule has 1 unspecified atom stereocenters. The minimum absolute atomic E-state index is 0.0178. The second kappa shape index (κ2) is 10.9. The van der Waals surface area contributed by atoms with Crippen LogP contribution >= 0.6 is 0 Å². The topological polar surface area (TPSA) is 110 Å². The number of alkyl carbamates (subject to hydrolysis) is 1. The van der Waals surface area contributed by atoms with Gasteiger partial charge < -0.3 is 19.5 Å². The molecule has 0 aliphatic heterocycles. The van der Waals surface area contributed by atoms with Crippen molar-refractivity contribution in [1.82, 2.24) is 10.6 Å². The zero-order chi connectivity index (χ0) is 24.8. The normalized spacial score (nSPS) is 12.0. The molecule has 2 rings (SSSR count). The fourth-order valence-electron chi connectivity index (χ4n) is 2.83. The van der Waals surface area contributed by atoms with Crippen LogP contribution < -0.4 is 15.4 Å². The van der Waals surface area contributed by atoms with Gasteiger partial charge in [0.05, 0.1) is 12.7 Å². The molecule has 0 aromatic heterocycles. The van der Waals surface area contributed by atoms with Crippen molar-refractivity contribution in [3.8, 4) is 5.75 Å². The Morgan fingerprint density at radius 3 is 2.12 bits per heavy atom. The van der Waals surface area contributed by atoms with E-state index in [1.165, 1.54) is 14.2 Å². The SMILES string of the molecule is COc1cc(F)c(C(OC)C(=O)NCc2ccc(C(=N)NC(=O)OC(C)(C)C)cc2)c(F)c1. The largest absolute Gasteiger partial charge is 0.497 e. The highest BCUT2D eigenvalue weighted by molar-refractivity contribution is 6.04. The summed E-state index contributed by atoms with van der Waals surface area (Å²) in [5.74, 6) is -2.83. The molecule has 33 heavy (non-hydrogen) atoms. The van der Waals surface area contributed by atoms with E-state index in [2.05, 4.69) is 10.6 Å². The molecule has 0 radical (unpaired) electrons. The Balaban J connectivity index is 2.01. The van der Waals surface area contributed by atoms with E-state index in [4.69, 9.17) is 19.6 Å². The van der Waals surface area contributed by atoms with E-state index in [0.29, 0.717) is 11.1 Å². The quantitative estimate of drug-likeness (QED) is 0.427. The highest BCUT2D eigenvalue weighted by atomic mass is 19.1. The van der Waals surface area contributed by atoms with Crippen LogP contribution in [0.1, 0.15) is 43.6 Å². The van der Waals surface area contributed by atoms with Crippen LogP contribution in [0.15, 0.2) is 36.4 Å². The summed E-state index contributed by atoms with van der Waals surface area (Å²) in [5, 5.41) is 12.9. The van der Waals surface area contributed by atoms with Gasteiger partial charge in [0.25, 0.3) is 5.91 Å². The molecule has 8 nitrogen and oxygen atoms in total. The molecule has 10 heteroatoms. The molecule has 0 aliphatic carbocycles. The van der Waals surface area contributed by atoms with Gasteiger partial charge >= 0.3 is 6.09 Å². The van der Waals surface area contributed by atoms with Crippen LogP contribution in [0.3, 0.4) is 0 Å². The Labute approximate surface area is 190 Å². The van der Waals surface area contributed by atoms with E-state index in [-0.39, 0.29) is 18.1 Å². The van der Waals surface area contributed by atoms with Crippen molar-refractivity contribution < 1.29 is 32.6 Å². The number of hydrogen-bond acceptors (Lipinski definition) is 6. The smallest absolute Gasteiger partial charge is 0.413 e. The summed E-state index contributed by atoms with van der Waals surface area (Å²) in [6, 6.07) is 8.37. The molecule has 0 saturated carbocycles. The summed E-state index contributed by atoms with van der Waals surface area (Å²) in [6.07, 6.45) is -2.24. The Morgan fingerprint density at radius 2 is 1.64 bits per heavy atom. The van der Waals surface area contributed by atoms with Crippen molar-refractivity contribution in [2.24, 2.45) is 0 Å². The maximum atomic E-state index is 14.3. The standard InChI is InChI=1S/C23H27F2N3O5/c1-23(2,3)33-22(30)28-20(26)14-8-6-13(7-9-14)12-27-21(29)19(32-5)18-16(24)10-15(31-4)11-17(18)25/h6-11,19H,12H2,1-5H3,(H,27,29)(H2,26,28,30). The number of carbonyl (C=O) groups is 2. The fraction of sp³-hybridized carbons (Fsp3) is 0.348. The van der Waals surface area contributed by atoms with Crippen molar-refractivity contribution in [1.29, 1.82) is 5.41 Å². The first kappa shape index (κ1) is 25.7. The summed E-state index contributed by atoms with van der Waals surface area (Å²) >= 11 is 0. The van der Waals surface area contributed by atoms with Gasteiger partial charge in [-0.3, -0.25) is 15.5 Å². The molecule has 0 aliphatic rings. The van der Waals surface area contributed by atoms with Crippen molar-refractivity contribution >= 4 is 17.8 Å². The van der Waals surface area contributed by atoms with Crippen LogP contribution in [0.25, 0.3) is 0 Å². The minimum atomic E-state index is -1.50. The van der Waals surface area contributed by atoms with Crippen molar-refractivity contribution in [2.75, 3.05) is 14.2 Å². The van der Waals surface area contributed by atoms with Gasteiger partial charge in [0.1, 0.15) is 28.8 Å². The lowest BCUT2D eigenvalue weighted by atomic mass is 10.1. The Hall–Kier alpha value is -3.53. The molecule has 2 aromatic rings. The van der Waals surface area contributed by atoms with Crippen LogP contribution in [0.2, 0.25) is 0 Å². The molecule has 2 aromatic carbocycles. The highest BCUT2D eigenvalue weighted by Crippen LogP contribution is 2.28. The van der Waals surface area contributed by atoms with Gasteiger partial charge in [-0.2, -0.15) is 0 Å². The predicted octanol–water partition coefficient (Wildman–Crippen LogP) is 3.83. The monoisotopic (exact) mass is 463 g/mol.